The van der Waals surface area contributed by atoms with Gasteiger partial charge in [0.25, 0.3) is 0 Å². The highest BCUT2D eigenvalue weighted by Crippen LogP contribution is 2.10. The fourth-order valence-corrected chi connectivity index (χ4v) is 1.72. The van der Waals surface area contributed by atoms with Gasteiger partial charge in [-0.05, 0) is 13.3 Å². The molecule has 0 aromatic carbocycles. The summed E-state index contributed by atoms with van der Waals surface area (Å²) in [7, 11) is 1.96. The van der Waals surface area contributed by atoms with E-state index in [4.69, 9.17) is 0 Å². The standard InChI is InChI=1S/C12H19N5.ClH/c1-4-5-17-9-12(8-15-17)13-6-11-7-14-16(3)10(11)2;/h7-9,13H,4-6H2,1-3H3;1H. The molecule has 0 aliphatic heterocycles. The molecule has 6 heteroatoms. The second kappa shape index (κ2) is 6.44. The lowest BCUT2D eigenvalue weighted by molar-refractivity contribution is 0.603. The Kier molecular flexibility index (Phi) is 5.22. The Balaban J connectivity index is 0.00000162. The molecule has 0 saturated heterocycles. The number of aromatic nitrogens is 4. The zero-order chi connectivity index (χ0) is 12.3. The van der Waals surface area contributed by atoms with Crippen LogP contribution in [0.25, 0.3) is 0 Å². The summed E-state index contributed by atoms with van der Waals surface area (Å²) in [6, 6.07) is 0. The van der Waals surface area contributed by atoms with E-state index in [2.05, 4.69) is 29.4 Å². The molecule has 0 amide bonds. The number of nitrogens with zero attached hydrogens (tertiary/aromatic N) is 4. The van der Waals surface area contributed by atoms with E-state index in [-0.39, 0.29) is 12.4 Å². The molecule has 18 heavy (non-hydrogen) atoms. The molecule has 0 fully saturated rings. The first kappa shape index (κ1) is 14.6. The largest absolute Gasteiger partial charge is 0.378 e. The fraction of sp³-hybridized carbons (Fsp3) is 0.500. The molecule has 0 aliphatic rings. The second-order valence-corrected chi connectivity index (χ2v) is 4.22. The summed E-state index contributed by atoms with van der Waals surface area (Å²) in [6.45, 7) is 5.98. The lowest BCUT2D eigenvalue weighted by atomic mass is 10.2. The molecule has 0 aliphatic carbocycles. The minimum absolute atomic E-state index is 0. The van der Waals surface area contributed by atoms with Crippen molar-refractivity contribution in [1.82, 2.24) is 19.6 Å². The van der Waals surface area contributed by atoms with Crippen LogP contribution in [-0.2, 0) is 20.1 Å². The van der Waals surface area contributed by atoms with E-state index < -0.39 is 0 Å². The van der Waals surface area contributed by atoms with E-state index >= 15 is 0 Å². The van der Waals surface area contributed by atoms with Crippen LogP contribution in [0.4, 0.5) is 5.69 Å². The van der Waals surface area contributed by atoms with E-state index in [9.17, 15) is 0 Å². The Morgan fingerprint density at radius 3 is 2.67 bits per heavy atom. The first-order valence-corrected chi connectivity index (χ1v) is 5.94. The zero-order valence-electron chi connectivity index (χ0n) is 11.1. The molecule has 5 nitrogen and oxygen atoms in total. The van der Waals surface area contributed by atoms with E-state index in [1.807, 2.05) is 35.0 Å². The second-order valence-electron chi connectivity index (χ2n) is 4.22. The van der Waals surface area contributed by atoms with Gasteiger partial charge in [-0.1, -0.05) is 6.92 Å². The molecule has 0 atom stereocenters. The molecule has 100 valence electrons. The lowest BCUT2D eigenvalue weighted by Gasteiger charge is -2.02. The third kappa shape index (κ3) is 3.26. The molecule has 0 radical (unpaired) electrons. The summed E-state index contributed by atoms with van der Waals surface area (Å²) in [5.41, 5.74) is 3.47. The number of hydrogen-bond donors (Lipinski definition) is 1. The molecule has 0 unspecified atom stereocenters. The molecule has 2 aromatic heterocycles. The molecule has 1 N–H and O–H groups in total. The molecule has 2 rings (SSSR count). The van der Waals surface area contributed by atoms with Gasteiger partial charge in [-0.15, -0.1) is 12.4 Å². The van der Waals surface area contributed by atoms with Gasteiger partial charge in [0, 0.05) is 37.6 Å². The number of anilines is 1. The molecule has 0 bridgehead atoms. The van der Waals surface area contributed by atoms with Crippen LogP contribution in [0, 0.1) is 6.92 Å². The number of hydrogen-bond acceptors (Lipinski definition) is 3. The fourth-order valence-electron chi connectivity index (χ4n) is 1.72. The predicted molar refractivity (Wildman–Crippen MR) is 75.0 cm³/mol. The highest BCUT2D eigenvalue weighted by Gasteiger charge is 2.04. The number of halogens is 1. The summed E-state index contributed by atoms with van der Waals surface area (Å²) in [5, 5.41) is 11.9. The molecule has 2 aromatic rings. The van der Waals surface area contributed by atoms with Crippen LogP contribution >= 0.6 is 12.4 Å². The predicted octanol–water partition coefficient (Wildman–Crippen LogP) is 2.37. The topological polar surface area (TPSA) is 47.7 Å². The average Bonchev–Trinajstić information content (AvgIpc) is 2.87. The Labute approximate surface area is 114 Å². The third-order valence-electron chi connectivity index (χ3n) is 2.91. The van der Waals surface area contributed by atoms with E-state index in [1.54, 1.807) is 0 Å². The summed E-state index contributed by atoms with van der Waals surface area (Å²) in [6.07, 6.45) is 6.90. The summed E-state index contributed by atoms with van der Waals surface area (Å²) < 4.78 is 3.84. The van der Waals surface area contributed by atoms with Crippen LogP contribution in [0.2, 0.25) is 0 Å². The van der Waals surface area contributed by atoms with E-state index in [0.29, 0.717) is 0 Å². The minimum Gasteiger partial charge on any atom is -0.378 e. The van der Waals surface area contributed by atoms with Gasteiger partial charge in [0.15, 0.2) is 0 Å². The van der Waals surface area contributed by atoms with Gasteiger partial charge in [-0.25, -0.2) is 0 Å². The number of nitrogens with one attached hydrogen (secondary N) is 1. The Bertz CT molecular complexity index is 488. The van der Waals surface area contributed by atoms with Crippen molar-refractivity contribution >= 4 is 18.1 Å². The van der Waals surface area contributed by atoms with Crippen LogP contribution in [-0.4, -0.2) is 19.6 Å². The molecule has 0 saturated carbocycles. The van der Waals surface area contributed by atoms with Crippen LogP contribution in [0.5, 0.6) is 0 Å². The number of rotatable bonds is 5. The van der Waals surface area contributed by atoms with Crippen molar-refractivity contribution in [1.29, 1.82) is 0 Å². The minimum atomic E-state index is 0. The van der Waals surface area contributed by atoms with Gasteiger partial charge in [0.1, 0.15) is 0 Å². The third-order valence-corrected chi connectivity index (χ3v) is 2.91. The first-order valence-electron chi connectivity index (χ1n) is 5.94. The molecular weight excluding hydrogens is 250 g/mol. The Hall–Kier alpha value is -1.49. The first-order chi connectivity index (χ1) is 8.20. The van der Waals surface area contributed by atoms with Crippen molar-refractivity contribution in [2.75, 3.05) is 5.32 Å². The van der Waals surface area contributed by atoms with Crippen LogP contribution in [0.3, 0.4) is 0 Å². The van der Waals surface area contributed by atoms with Gasteiger partial charge in [0.2, 0.25) is 0 Å². The van der Waals surface area contributed by atoms with Crippen LogP contribution < -0.4 is 5.32 Å². The quantitative estimate of drug-likeness (QED) is 0.907. The van der Waals surface area contributed by atoms with Crippen molar-refractivity contribution in [3.63, 3.8) is 0 Å². The van der Waals surface area contributed by atoms with Crippen molar-refractivity contribution in [2.24, 2.45) is 7.05 Å². The van der Waals surface area contributed by atoms with Crippen molar-refractivity contribution in [3.8, 4) is 0 Å². The van der Waals surface area contributed by atoms with Gasteiger partial charge >= 0.3 is 0 Å². The maximum atomic E-state index is 4.28. The monoisotopic (exact) mass is 269 g/mol. The molecule has 2 heterocycles. The van der Waals surface area contributed by atoms with Gasteiger partial charge in [0.05, 0.1) is 18.1 Å². The summed E-state index contributed by atoms with van der Waals surface area (Å²) in [5.74, 6) is 0. The smallest absolute Gasteiger partial charge is 0.0729 e. The maximum Gasteiger partial charge on any atom is 0.0729 e. The highest BCUT2D eigenvalue weighted by atomic mass is 35.5. The van der Waals surface area contributed by atoms with E-state index in [1.165, 1.54) is 11.3 Å². The Morgan fingerprint density at radius 2 is 2.06 bits per heavy atom. The summed E-state index contributed by atoms with van der Waals surface area (Å²) >= 11 is 0. The van der Waals surface area contributed by atoms with Crippen LogP contribution in [0.15, 0.2) is 18.6 Å². The normalized spacial score (nSPS) is 10.2. The SMILES string of the molecule is CCCn1cc(NCc2cnn(C)c2C)cn1.Cl. The molecule has 0 spiro atoms. The highest BCUT2D eigenvalue weighted by molar-refractivity contribution is 5.85. The Morgan fingerprint density at radius 1 is 1.28 bits per heavy atom. The maximum absolute atomic E-state index is 4.28. The van der Waals surface area contributed by atoms with Crippen molar-refractivity contribution in [2.45, 2.75) is 33.4 Å². The van der Waals surface area contributed by atoms with Gasteiger partial charge in [-0.3, -0.25) is 9.36 Å². The zero-order valence-corrected chi connectivity index (χ0v) is 11.9. The number of aryl methyl sites for hydroxylation is 2. The summed E-state index contributed by atoms with van der Waals surface area (Å²) in [4.78, 5) is 0. The van der Waals surface area contributed by atoms with Gasteiger partial charge in [-0.2, -0.15) is 10.2 Å². The lowest BCUT2D eigenvalue weighted by Crippen LogP contribution is -2.01. The van der Waals surface area contributed by atoms with Crippen molar-refractivity contribution in [3.05, 3.63) is 29.8 Å². The van der Waals surface area contributed by atoms with Crippen molar-refractivity contribution < 1.29 is 0 Å². The average molecular weight is 270 g/mol. The van der Waals surface area contributed by atoms with Gasteiger partial charge < -0.3 is 5.32 Å². The molecular formula is C12H20ClN5. The van der Waals surface area contributed by atoms with E-state index in [0.717, 1.165) is 25.2 Å². The van der Waals surface area contributed by atoms with Crippen LogP contribution in [0.1, 0.15) is 24.6 Å².